The highest BCUT2D eigenvalue weighted by Gasteiger charge is 2.17. The zero-order chi connectivity index (χ0) is 12.4. The van der Waals surface area contributed by atoms with Gasteiger partial charge in [0.25, 0.3) is 0 Å². The number of benzene rings is 1. The summed E-state index contributed by atoms with van der Waals surface area (Å²) in [7, 11) is 0. The molecule has 18 heavy (non-hydrogen) atoms. The molecule has 3 nitrogen and oxygen atoms in total. The Hall–Kier alpha value is -1.61. The van der Waals surface area contributed by atoms with E-state index in [0.29, 0.717) is 0 Å². The Labute approximate surface area is 108 Å². The fourth-order valence-corrected chi connectivity index (χ4v) is 2.65. The highest BCUT2D eigenvalue weighted by Crippen LogP contribution is 2.22. The molecule has 0 atom stereocenters. The largest absolute Gasteiger partial charge is 0.335 e. The van der Waals surface area contributed by atoms with Crippen molar-refractivity contribution < 1.29 is 0 Å². The number of aryl methyl sites for hydroxylation is 2. The summed E-state index contributed by atoms with van der Waals surface area (Å²) >= 11 is 0. The van der Waals surface area contributed by atoms with Gasteiger partial charge in [0.05, 0.1) is 6.33 Å². The van der Waals surface area contributed by atoms with E-state index in [9.17, 15) is 0 Å². The number of fused-ring (bicyclic) bond motifs is 1. The lowest BCUT2D eigenvalue weighted by molar-refractivity contribution is 0.274. The Bertz CT molecular complexity index is 505. The second-order valence-corrected chi connectivity index (χ2v) is 5.06. The Morgan fingerprint density at radius 2 is 1.83 bits per heavy atom. The normalized spacial score (nSPS) is 14.9. The summed E-state index contributed by atoms with van der Waals surface area (Å²) in [6.45, 7) is 6.56. The number of imidazole rings is 1. The average Bonchev–Trinajstić information content (AvgIpc) is 2.96. The van der Waals surface area contributed by atoms with Crippen LogP contribution < -0.4 is 0 Å². The predicted octanol–water partition coefficient (Wildman–Crippen LogP) is 2.60. The minimum Gasteiger partial charge on any atom is -0.335 e. The van der Waals surface area contributed by atoms with Crippen molar-refractivity contribution in [2.75, 3.05) is 6.54 Å². The van der Waals surface area contributed by atoms with Crippen LogP contribution in [-0.4, -0.2) is 21.0 Å². The third-order valence-electron chi connectivity index (χ3n) is 3.70. The molecule has 0 unspecified atom stereocenters. The molecule has 0 amide bonds. The molecular weight excluding hydrogens is 222 g/mol. The van der Waals surface area contributed by atoms with E-state index in [2.05, 4.69) is 45.6 Å². The van der Waals surface area contributed by atoms with Crippen LogP contribution in [0.4, 0.5) is 0 Å². The molecule has 1 aromatic heterocycles. The van der Waals surface area contributed by atoms with Crippen LogP contribution in [0.3, 0.4) is 0 Å². The second-order valence-electron chi connectivity index (χ2n) is 5.06. The van der Waals surface area contributed by atoms with Crippen LogP contribution in [0.15, 0.2) is 36.8 Å². The zero-order valence-electron chi connectivity index (χ0n) is 10.8. The summed E-state index contributed by atoms with van der Waals surface area (Å²) < 4.78 is 2.23. The van der Waals surface area contributed by atoms with E-state index in [1.165, 1.54) is 23.2 Å². The third kappa shape index (κ3) is 2.31. The topological polar surface area (TPSA) is 21.1 Å². The molecule has 0 spiro atoms. The smallest absolute Gasteiger partial charge is 0.0948 e. The van der Waals surface area contributed by atoms with Crippen molar-refractivity contribution in [3.63, 3.8) is 0 Å². The van der Waals surface area contributed by atoms with Crippen LogP contribution in [0.1, 0.15) is 23.2 Å². The van der Waals surface area contributed by atoms with Crippen molar-refractivity contribution in [3.05, 3.63) is 53.6 Å². The second kappa shape index (κ2) is 4.94. The Morgan fingerprint density at radius 1 is 1.11 bits per heavy atom. The van der Waals surface area contributed by atoms with Crippen molar-refractivity contribution in [2.45, 2.75) is 33.0 Å². The third-order valence-corrected chi connectivity index (χ3v) is 3.70. The Morgan fingerprint density at radius 3 is 2.44 bits per heavy atom. The minimum absolute atomic E-state index is 1.07. The van der Waals surface area contributed by atoms with Crippen molar-refractivity contribution >= 4 is 0 Å². The lowest BCUT2D eigenvalue weighted by Gasteiger charge is -2.15. The van der Waals surface area contributed by atoms with Gasteiger partial charge in [-0.15, -0.1) is 0 Å². The van der Waals surface area contributed by atoms with Gasteiger partial charge >= 0.3 is 0 Å². The van der Waals surface area contributed by atoms with Gasteiger partial charge in [0.1, 0.15) is 0 Å². The lowest BCUT2D eigenvalue weighted by atomic mass is 10.1. The van der Waals surface area contributed by atoms with Gasteiger partial charge < -0.3 is 4.57 Å². The molecule has 1 aromatic carbocycles. The number of nitrogens with zero attached hydrogens (tertiary/aromatic N) is 3. The van der Waals surface area contributed by atoms with Crippen molar-refractivity contribution in [2.24, 2.45) is 0 Å². The summed E-state index contributed by atoms with van der Waals surface area (Å²) in [4.78, 5) is 6.68. The Kier molecular flexibility index (Phi) is 3.15. The standard InChI is InChI=1S/C15H19N3/c1-13-9-16-12-18(13)8-4-7-17-10-14-5-2-3-6-15(14)11-17/h2-3,5-6,9,12H,4,7-8,10-11H2,1H3. The molecule has 0 N–H and O–H groups in total. The first-order valence-electron chi connectivity index (χ1n) is 6.59. The summed E-state index contributed by atoms with van der Waals surface area (Å²) in [5, 5.41) is 0. The van der Waals surface area contributed by atoms with E-state index >= 15 is 0 Å². The molecule has 0 saturated carbocycles. The average molecular weight is 241 g/mol. The number of hydrogen-bond donors (Lipinski definition) is 0. The molecule has 94 valence electrons. The van der Waals surface area contributed by atoms with Gasteiger partial charge in [-0.1, -0.05) is 24.3 Å². The van der Waals surface area contributed by atoms with Crippen LogP contribution in [-0.2, 0) is 19.6 Å². The molecule has 0 radical (unpaired) electrons. The highest BCUT2D eigenvalue weighted by molar-refractivity contribution is 5.30. The van der Waals surface area contributed by atoms with Crippen molar-refractivity contribution in [3.8, 4) is 0 Å². The van der Waals surface area contributed by atoms with E-state index in [1.807, 2.05) is 12.5 Å². The molecule has 0 fully saturated rings. The summed E-state index contributed by atoms with van der Waals surface area (Å²) in [6, 6.07) is 8.76. The van der Waals surface area contributed by atoms with E-state index in [4.69, 9.17) is 0 Å². The molecular formula is C15H19N3. The predicted molar refractivity (Wildman–Crippen MR) is 72.1 cm³/mol. The van der Waals surface area contributed by atoms with Crippen molar-refractivity contribution in [1.29, 1.82) is 0 Å². The maximum absolute atomic E-state index is 4.15. The molecule has 1 aliphatic heterocycles. The van der Waals surface area contributed by atoms with Gasteiger partial charge in [0.15, 0.2) is 0 Å². The van der Waals surface area contributed by atoms with E-state index in [0.717, 1.165) is 26.2 Å². The molecule has 3 heteroatoms. The summed E-state index contributed by atoms with van der Waals surface area (Å²) in [5.41, 5.74) is 4.24. The van der Waals surface area contributed by atoms with Gasteiger partial charge in [0.2, 0.25) is 0 Å². The van der Waals surface area contributed by atoms with E-state index in [-0.39, 0.29) is 0 Å². The van der Waals surface area contributed by atoms with E-state index in [1.54, 1.807) is 0 Å². The highest BCUT2D eigenvalue weighted by atomic mass is 15.1. The fraction of sp³-hybridized carbons (Fsp3) is 0.400. The van der Waals surface area contributed by atoms with Gasteiger partial charge in [-0.25, -0.2) is 4.98 Å². The van der Waals surface area contributed by atoms with Gasteiger partial charge in [-0.2, -0.15) is 0 Å². The molecule has 1 aliphatic rings. The van der Waals surface area contributed by atoms with Crippen LogP contribution in [0.5, 0.6) is 0 Å². The van der Waals surface area contributed by atoms with Gasteiger partial charge in [-0.3, -0.25) is 4.90 Å². The summed E-state index contributed by atoms with van der Waals surface area (Å²) in [5.74, 6) is 0. The molecule has 3 rings (SSSR count). The Balaban J connectivity index is 1.50. The first kappa shape index (κ1) is 11.5. The quantitative estimate of drug-likeness (QED) is 0.820. The van der Waals surface area contributed by atoms with Crippen LogP contribution in [0.25, 0.3) is 0 Å². The molecule has 0 aliphatic carbocycles. The number of aromatic nitrogens is 2. The monoisotopic (exact) mass is 241 g/mol. The van der Waals surface area contributed by atoms with Crippen molar-refractivity contribution in [1.82, 2.24) is 14.5 Å². The lowest BCUT2D eigenvalue weighted by Crippen LogP contribution is -2.19. The molecule has 2 heterocycles. The maximum atomic E-state index is 4.15. The molecule has 0 saturated heterocycles. The maximum Gasteiger partial charge on any atom is 0.0948 e. The molecule has 0 bridgehead atoms. The SMILES string of the molecule is Cc1cncn1CCCN1Cc2ccccc2C1. The van der Waals surface area contributed by atoms with Gasteiger partial charge in [0, 0.05) is 38.1 Å². The first-order chi connectivity index (χ1) is 8.83. The minimum atomic E-state index is 1.07. The summed E-state index contributed by atoms with van der Waals surface area (Å²) in [6.07, 6.45) is 5.03. The van der Waals surface area contributed by atoms with Crippen LogP contribution in [0, 0.1) is 6.92 Å². The number of hydrogen-bond acceptors (Lipinski definition) is 2. The first-order valence-corrected chi connectivity index (χ1v) is 6.59. The molecule has 2 aromatic rings. The van der Waals surface area contributed by atoms with Gasteiger partial charge in [-0.05, 0) is 24.5 Å². The zero-order valence-corrected chi connectivity index (χ0v) is 10.8. The number of rotatable bonds is 4. The van der Waals surface area contributed by atoms with Crippen LogP contribution >= 0.6 is 0 Å². The van der Waals surface area contributed by atoms with E-state index < -0.39 is 0 Å². The fourth-order valence-electron chi connectivity index (χ4n) is 2.65. The van der Waals surface area contributed by atoms with Crippen LogP contribution in [0.2, 0.25) is 0 Å².